The number of aromatic nitrogens is 1. The Morgan fingerprint density at radius 1 is 1.44 bits per heavy atom. The van der Waals surface area contributed by atoms with Crippen LogP contribution in [0.4, 0.5) is 0 Å². The van der Waals surface area contributed by atoms with Crippen LogP contribution < -0.4 is 5.56 Å². The molecule has 1 aromatic rings. The van der Waals surface area contributed by atoms with Gasteiger partial charge in [0.05, 0.1) is 11.5 Å². The number of nitrogens with one attached hydrogen (secondary N) is 1. The molecule has 2 heterocycles. The van der Waals surface area contributed by atoms with Crippen molar-refractivity contribution in [1.82, 2.24) is 4.98 Å². The zero-order valence-corrected chi connectivity index (χ0v) is 9.00. The second kappa shape index (κ2) is 3.44. The van der Waals surface area contributed by atoms with E-state index < -0.39 is 26.9 Å². The Balaban J connectivity index is 2.61. The number of fused-ring (bicyclic) bond motifs is 1. The predicted octanol–water partition coefficient (Wildman–Crippen LogP) is -0.456. The highest BCUT2D eigenvalue weighted by atomic mass is 32.2. The first-order valence-electron chi connectivity index (χ1n) is 4.58. The minimum atomic E-state index is -3.17. The van der Waals surface area contributed by atoms with Gasteiger partial charge in [0.2, 0.25) is 0 Å². The minimum Gasteiger partial charge on any atom is -0.477 e. The molecule has 0 saturated heterocycles. The number of aromatic carboxylic acids is 1. The van der Waals surface area contributed by atoms with Gasteiger partial charge in [0.25, 0.3) is 5.56 Å². The Bertz CT molecular complexity index is 613. The van der Waals surface area contributed by atoms with Crippen molar-refractivity contribution in [3.05, 3.63) is 33.2 Å². The lowest BCUT2D eigenvalue weighted by atomic mass is 10.1. The van der Waals surface area contributed by atoms with Gasteiger partial charge in [0.1, 0.15) is 5.56 Å². The number of carboxylic acids is 1. The maximum Gasteiger partial charge on any atom is 0.341 e. The number of carbonyl (C=O) groups is 1. The fraction of sp³-hybridized carbons (Fsp3) is 0.333. The zero-order valence-electron chi connectivity index (χ0n) is 8.19. The number of H-pyrrole nitrogens is 1. The second-order valence-electron chi connectivity index (χ2n) is 3.66. The maximum atomic E-state index is 11.3. The Hall–Kier alpha value is -1.63. The van der Waals surface area contributed by atoms with Crippen LogP contribution in [0, 0.1) is 0 Å². The van der Waals surface area contributed by atoms with Crippen molar-refractivity contribution >= 4 is 15.8 Å². The van der Waals surface area contributed by atoms with Crippen molar-refractivity contribution in [1.29, 1.82) is 0 Å². The highest BCUT2D eigenvalue weighted by Crippen LogP contribution is 2.18. The number of aromatic amines is 1. The molecule has 0 saturated carbocycles. The molecule has 0 fully saturated rings. The van der Waals surface area contributed by atoms with Gasteiger partial charge in [-0.15, -0.1) is 0 Å². The van der Waals surface area contributed by atoms with E-state index in [-0.39, 0.29) is 17.9 Å². The standard InChI is InChI=1S/C9H9NO5S/c11-8-6(9(12)13)3-5-4-16(14,15)2-1-7(5)10-8/h3H,1-2,4H2,(H,10,11)(H,12,13). The number of sulfone groups is 1. The van der Waals surface area contributed by atoms with Gasteiger partial charge < -0.3 is 10.1 Å². The zero-order chi connectivity index (χ0) is 11.9. The van der Waals surface area contributed by atoms with E-state index in [0.29, 0.717) is 11.3 Å². The van der Waals surface area contributed by atoms with Gasteiger partial charge >= 0.3 is 5.97 Å². The van der Waals surface area contributed by atoms with Gasteiger partial charge in [0, 0.05) is 12.1 Å². The molecule has 6 nitrogen and oxygen atoms in total. The molecule has 0 bridgehead atoms. The monoisotopic (exact) mass is 243 g/mol. The smallest absolute Gasteiger partial charge is 0.341 e. The normalized spacial score (nSPS) is 17.8. The molecule has 0 radical (unpaired) electrons. The summed E-state index contributed by atoms with van der Waals surface area (Å²) in [6.07, 6.45) is 0.229. The van der Waals surface area contributed by atoms with E-state index in [4.69, 9.17) is 5.11 Å². The van der Waals surface area contributed by atoms with E-state index in [9.17, 15) is 18.0 Å². The highest BCUT2D eigenvalue weighted by Gasteiger charge is 2.24. The summed E-state index contributed by atoms with van der Waals surface area (Å²) in [6.45, 7) is 0. The first-order chi connectivity index (χ1) is 7.39. The van der Waals surface area contributed by atoms with Gasteiger partial charge in [-0.25, -0.2) is 13.2 Å². The summed E-state index contributed by atoms with van der Waals surface area (Å²) in [5.41, 5.74) is -0.213. The average Bonchev–Trinajstić information content (AvgIpc) is 2.16. The van der Waals surface area contributed by atoms with Crippen molar-refractivity contribution < 1.29 is 18.3 Å². The SMILES string of the molecule is O=C(O)c1cc2c([nH]c1=O)CCS(=O)(=O)C2. The molecule has 0 amide bonds. The van der Waals surface area contributed by atoms with Gasteiger partial charge in [-0.3, -0.25) is 4.79 Å². The van der Waals surface area contributed by atoms with E-state index in [1.54, 1.807) is 0 Å². The Morgan fingerprint density at radius 2 is 2.12 bits per heavy atom. The van der Waals surface area contributed by atoms with Crippen LogP contribution >= 0.6 is 0 Å². The lowest BCUT2D eigenvalue weighted by Crippen LogP contribution is -2.26. The molecule has 1 aliphatic rings. The summed E-state index contributed by atoms with van der Waals surface area (Å²) in [5, 5.41) is 8.73. The van der Waals surface area contributed by atoms with Gasteiger partial charge in [-0.2, -0.15) is 0 Å². The number of aryl methyl sites for hydroxylation is 1. The lowest BCUT2D eigenvalue weighted by Gasteiger charge is -2.15. The minimum absolute atomic E-state index is 0.0115. The van der Waals surface area contributed by atoms with Gasteiger partial charge in [-0.05, 0) is 11.6 Å². The van der Waals surface area contributed by atoms with Crippen molar-refractivity contribution in [2.24, 2.45) is 0 Å². The van der Waals surface area contributed by atoms with Crippen LogP contribution in [-0.4, -0.2) is 30.2 Å². The van der Waals surface area contributed by atoms with Crippen LogP contribution in [0.1, 0.15) is 21.6 Å². The highest BCUT2D eigenvalue weighted by molar-refractivity contribution is 7.90. The summed E-state index contributed by atoms with van der Waals surface area (Å²) in [6, 6.07) is 1.15. The molecule has 1 aliphatic heterocycles. The molecule has 0 atom stereocenters. The molecule has 16 heavy (non-hydrogen) atoms. The molecule has 2 rings (SSSR count). The molecule has 0 unspecified atom stereocenters. The van der Waals surface area contributed by atoms with Gasteiger partial charge in [0.15, 0.2) is 9.84 Å². The predicted molar refractivity (Wildman–Crippen MR) is 55.2 cm³/mol. The number of hydrogen-bond acceptors (Lipinski definition) is 4. The lowest BCUT2D eigenvalue weighted by molar-refractivity contribution is 0.0694. The second-order valence-corrected chi connectivity index (χ2v) is 5.85. The first-order valence-corrected chi connectivity index (χ1v) is 6.40. The van der Waals surface area contributed by atoms with Crippen LogP contribution in [0.5, 0.6) is 0 Å². The number of hydrogen-bond donors (Lipinski definition) is 2. The number of rotatable bonds is 1. The third-order valence-corrected chi connectivity index (χ3v) is 4.06. The molecule has 7 heteroatoms. The third kappa shape index (κ3) is 1.85. The molecule has 0 spiro atoms. The largest absolute Gasteiger partial charge is 0.477 e. The number of pyridine rings is 1. The van der Waals surface area contributed by atoms with Crippen molar-refractivity contribution in [2.75, 3.05) is 5.75 Å². The molecule has 0 aliphatic carbocycles. The maximum absolute atomic E-state index is 11.3. The van der Waals surface area contributed by atoms with E-state index in [0.717, 1.165) is 6.07 Å². The molecular formula is C9H9NO5S. The fourth-order valence-corrected chi connectivity index (χ4v) is 3.08. The topological polar surface area (TPSA) is 104 Å². The van der Waals surface area contributed by atoms with E-state index >= 15 is 0 Å². The quantitative estimate of drug-likeness (QED) is 0.694. The molecule has 1 aromatic heterocycles. The summed E-state index contributed by atoms with van der Waals surface area (Å²) in [5.74, 6) is -1.58. The van der Waals surface area contributed by atoms with Crippen LogP contribution in [0.2, 0.25) is 0 Å². The third-order valence-electron chi connectivity index (χ3n) is 2.48. The molecule has 86 valence electrons. The fourth-order valence-electron chi connectivity index (χ4n) is 1.69. The molecular weight excluding hydrogens is 234 g/mol. The Labute approximate surface area is 90.8 Å². The van der Waals surface area contributed by atoms with Gasteiger partial charge in [-0.1, -0.05) is 0 Å². The molecule has 2 N–H and O–H groups in total. The van der Waals surface area contributed by atoms with Crippen molar-refractivity contribution in [3.8, 4) is 0 Å². The van der Waals surface area contributed by atoms with E-state index in [1.807, 2.05) is 0 Å². The summed E-state index contributed by atoms with van der Waals surface area (Å²) in [4.78, 5) is 24.4. The number of carboxylic acid groups (broad SMARTS) is 1. The summed E-state index contributed by atoms with van der Waals surface area (Å²) < 4.78 is 22.7. The summed E-state index contributed by atoms with van der Waals surface area (Å²) >= 11 is 0. The Kier molecular flexibility index (Phi) is 2.34. The van der Waals surface area contributed by atoms with Crippen LogP contribution in [0.15, 0.2) is 10.9 Å². The van der Waals surface area contributed by atoms with Crippen LogP contribution in [0.3, 0.4) is 0 Å². The van der Waals surface area contributed by atoms with E-state index in [2.05, 4.69) is 4.98 Å². The van der Waals surface area contributed by atoms with Crippen molar-refractivity contribution in [3.63, 3.8) is 0 Å². The van der Waals surface area contributed by atoms with Crippen molar-refractivity contribution in [2.45, 2.75) is 12.2 Å². The molecule has 0 aromatic carbocycles. The Morgan fingerprint density at radius 3 is 2.75 bits per heavy atom. The van der Waals surface area contributed by atoms with Crippen LogP contribution in [-0.2, 0) is 22.0 Å². The van der Waals surface area contributed by atoms with E-state index in [1.165, 1.54) is 0 Å². The first kappa shape index (κ1) is 10.9. The summed E-state index contributed by atoms with van der Waals surface area (Å²) in [7, 11) is -3.17. The average molecular weight is 243 g/mol. The van der Waals surface area contributed by atoms with Crippen LogP contribution in [0.25, 0.3) is 0 Å².